The van der Waals surface area contributed by atoms with Crippen LogP contribution < -0.4 is 4.72 Å². The van der Waals surface area contributed by atoms with Crippen LogP contribution in [-0.2, 0) is 19.4 Å². The van der Waals surface area contributed by atoms with E-state index >= 15 is 0 Å². The average Bonchev–Trinajstić information content (AvgIpc) is 2.60. The van der Waals surface area contributed by atoms with E-state index in [0.29, 0.717) is 12.0 Å². The Hall–Kier alpha value is -2.36. The monoisotopic (exact) mass is 420 g/mol. The van der Waals surface area contributed by atoms with Gasteiger partial charge in [-0.15, -0.1) is 10.9 Å². The number of alkyl halides is 3. The lowest BCUT2D eigenvalue weighted by Crippen LogP contribution is -2.41. The van der Waals surface area contributed by atoms with E-state index in [-0.39, 0.29) is 0 Å². The van der Waals surface area contributed by atoms with Crippen LogP contribution in [0.4, 0.5) is 18.0 Å². The molecule has 2 amide bonds. The number of nitrogens with one attached hydrogen (secondary N) is 1. The van der Waals surface area contributed by atoms with Crippen LogP contribution in [0, 0.1) is 5.92 Å². The van der Waals surface area contributed by atoms with E-state index in [9.17, 15) is 27.0 Å². The van der Waals surface area contributed by atoms with Crippen LogP contribution in [0.5, 0.6) is 0 Å². The van der Waals surface area contributed by atoms with Crippen LogP contribution >= 0.6 is 0 Å². The summed E-state index contributed by atoms with van der Waals surface area (Å²) in [6, 6.07) is 8.55. The Morgan fingerprint density at radius 2 is 1.82 bits per heavy atom. The fourth-order valence-corrected chi connectivity index (χ4v) is 4.01. The molecule has 0 saturated carbocycles. The maximum Gasteiger partial charge on any atom is 0.474 e. The van der Waals surface area contributed by atoms with Gasteiger partial charge in [-0.25, -0.2) is 13.7 Å². The van der Waals surface area contributed by atoms with Crippen molar-refractivity contribution in [3.05, 3.63) is 48.6 Å². The molecular formula is C18H23F3N2O4S. The number of ether oxygens (including phenoxy) is 1. The topological polar surface area (TPSA) is 84.8 Å². The van der Waals surface area contributed by atoms with Gasteiger partial charge in [0.15, 0.2) is 0 Å². The van der Waals surface area contributed by atoms with Crippen LogP contribution in [0.1, 0.15) is 38.9 Å². The fourth-order valence-electron chi connectivity index (χ4n) is 2.24. The summed E-state index contributed by atoms with van der Waals surface area (Å²) in [5.41, 5.74) is 0.625. The van der Waals surface area contributed by atoms with Gasteiger partial charge in [0.05, 0.1) is 5.25 Å². The summed E-state index contributed by atoms with van der Waals surface area (Å²) in [7, 11) is -4.12. The van der Waals surface area contributed by atoms with Gasteiger partial charge in [-0.3, -0.25) is 4.79 Å². The first-order chi connectivity index (χ1) is 12.9. The minimum absolute atomic E-state index is 0.297. The summed E-state index contributed by atoms with van der Waals surface area (Å²) >= 11 is 0. The summed E-state index contributed by atoms with van der Waals surface area (Å²) in [6.07, 6.45) is -5.53. The molecule has 0 spiro atoms. The van der Waals surface area contributed by atoms with Gasteiger partial charge in [-0.1, -0.05) is 43.3 Å². The molecule has 156 valence electrons. The van der Waals surface area contributed by atoms with E-state index in [2.05, 4.69) is 10.9 Å². The molecule has 6 nitrogen and oxygen atoms in total. The second-order valence-electron chi connectivity index (χ2n) is 6.23. The lowest BCUT2D eigenvalue weighted by Gasteiger charge is -2.24. The molecule has 0 radical (unpaired) electrons. The quantitative estimate of drug-likeness (QED) is 0.656. The second-order valence-corrected chi connectivity index (χ2v) is 8.50. The largest absolute Gasteiger partial charge is 0.474 e. The summed E-state index contributed by atoms with van der Waals surface area (Å²) < 4.78 is 60.7. The highest BCUT2D eigenvalue weighted by Crippen LogP contribution is 2.23. The molecule has 0 aromatic heterocycles. The SMILES string of the molecule is C=CCC(C)C(C)S(=O)(=NC(=O)C(F)(F)F)NC(=O)OC(C)c1ccccc1. The van der Waals surface area contributed by atoms with E-state index < -0.39 is 45.4 Å². The first kappa shape index (κ1) is 23.7. The van der Waals surface area contributed by atoms with Crippen LogP contribution in [0.3, 0.4) is 0 Å². The Labute approximate surface area is 162 Å². The molecule has 4 unspecified atom stereocenters. The molecule has 0 aliphatic rings. The highest BCUT2D eigenvalue weighted by molar-refractivity contribution is 7.93. The highest BCUT2D eigenvalue weighted by atomic mass is 32.2. The summed E-state index contributed by atoms with van der Waals surface area (Å²) in [6.45, 7) is 7.99. The van der Waals surface area contributed by atoms with Gasteiger partial charge >= 0.3 is 18.2 Å². The van der Waals surface area contributed by atoms with E-state index in [0.717, 1.165) is 0 Å². The zero-order chi connectivity index (χ0) is 21.5. The molecule has 0 bridgehead atoms. The summed E-state index contributed by atoms with van der Waals surface area (Å²) in [5.74, 6) is -3.01. The predicted molar refractivity (Wildman–Crippen MR) is 99.5 cm³/mol. The van der Waals surface area contributed by atoms with Crippen molar-refractivity contribution in [2.75, 3.05) is 0 Å². The fraction of sp³-hybridized carbons (Fsp3) is 0.444. The normalized spacial score (nSPS) is 16.8. The number of rotatable bonds is 7. The Bertz CT molecular complexity index is 818. The van der Waals surface area contributed by atoms with E-state index in [1.165, 1.54) is 13.0 Å². The minimum Gasteiger partial charge on any atom is -0.441 e. The molecule has 0 saturated heterocycles. The average molecular weight is 420 g/mol. The van der Waals surface area contributed by atoms with Gasteiger partial charge in [0.1, 0.15) is 16.0 Å². The molecular weight excluding hydrogens is 397 g/mol. The maximum absolute atomic E-state index is 13.1. The number of hydrogen-bond donors (Lipinski definition) is 1. The van der Waals surface area contributed by atoms with Crippen LogP contribution in [-0.4, -0.2) is 27.6 Å². The molecule has 4 atom stereocenters. The smallest absolute Gasteiger partial charge is 0.441 e. The third-order valence-corrected chi connectivity index (χ3v) is 6.46. The molecule has 1 aromatic rings. The summed E-state index contributed by atoms with van der Waals surface area (Å²) in [4.78, 5) is 23.5. The molecule has 28 heavy (non-hydrogen) atoms. The van der Waals surface area contributed by atoms with Gasteiger partial charge < -0.3 is 4.74 Å². The summed E-state index contributed by atoms with van der Waals surface area (Å²) in [5, 5.41) is -1.07. The van der Waals surface area contributed by atoms with Gasteiger partial charge in [-0.2, -0.15) is 13.2 Å². The third kappa shape index (κ3) is 6.66. The lowest BCUT2D eigenvalue weighted by atomic mass is 10.1. The van der Waals surface area contributed by atoms with Gasteiger partial charge in [0.25, 0.3) is 0 Å². The van der Waals surface area contributed by atoms with Crippen molar-refractivity contribution in [1.82, 2.24) is 4.72 Å². The first-order valence-electron chi connectivity index (χ1n) is 8.42. The zero-order valence-electron chi connectivity index (χ0n) is 15.7. The predicted octanol–water partition coefficient (Wildman–Crippen LogP) is 4.55. The van der Waals surface area contributed by atoms with Crippen LogP contribution in [0.15, 0.2) is 47.3 Å². The standard InChI is InChI=1S/C18H23F3N2O4S/c1-5-9-12(2)14(4)28(26,22-16(24)18(19,20)21)23-17(25)27-13(3)15-10-7-6-8-11-15/h5-8,10-14H,1,9H2,2-4H3,(H,22,23,24,25,26). The van der Waals surface area contributed by atoms with Crippen molar-refractivity contribution < 1.29 is 31.7 Å². The third-order valence-electron chi connectivity index (χ3n) is 4.09. The van der Waals surface area contributed by atoms with Crippen molar-refractivity contribution in [1.29, 1.82) is 0 Å². The van der Waals surface area contributed by atoms with E-state index in [1.54, 1.807) is 44.2 Å². The van der Waals surface area contributed by atoms with Crippen LogP contribution in [0.2, 0.25) is 0 Å². The highest BCUT2D eigenvalue weighted by Gasteiger charge is 2.41. The molecule has 1 N–H and O–H groups in total. The Kier molecular flexibility index (Phi) is 8.22. The molecule has 0 heterocycles. The molecule has 10 heteroatoms. The van der Waals surface area contributed by atoms with Crippen molar-refractivity contribution in [3.63, 3.8) is 0 Å². The Morgan fingerprint density at radius 1 is 1.25 bits per heavy atom. The number of halogens is 3. The van der Waals surface area contributed by atoms with Crippen molar-refractivity contribution >= 4 is 21.9 Å². The van der Waals surface area contributed by atoms with Gasteiger partial charge in [-0.05, 0) is 31.7 Å². The maximum atomic E-state index is 13.1. The number of carbonyl (C=O) groups excluding carboxylic acids is 2. The number of benzene rings is 1. The molecule has 1 rings (SSSR count). The lowest BCUT2D eigenvalue weighted by molar-refractivity contribution is -0.169. The molecule has 0 fully saturated rings. The molecule has 1 aromatic carbocycles. The second kappa shape index (κ2) is 9.72. The van der Waals surface area contributed by atoms with Crippen molar-refractivity contribution in [2.45, 2.75) is 44.7 Å². The van der Waals surface area contributed by atoms with Crippen LogP contribution in [0.25, 0.3) is 0 Å². The molecule has 0 aliphatic heterocycles. The number of allylic oxidation sites excluding steroid dienone is 1. The van der Waals surface area contributed by atoms with Gasteiger partial charge in [0.2, 0.25) is 0 Å². The number of amides is 2. The van der Waals surface area contributed by atoms with E-state index in [4.69, 9.17) is 4.74 Å². The van der Waals surface area contributed by atoms with Gasteiger partial charge in [0, 0.05) is 0 Å². The zero-order valence-corrected chi connectivity index (χ0v) is 16.5. The molecule has 0 aliphatic carbocycles. The first-order valence-corrected chi connectivity index (χ1v) is 10.00. The van der Waals surface area contributed by atoms with Crippen molar-refractivity contribution in [3.8, 4) is 0 Å². The number of hydrogen-bond acceptors (Lipinski definition) is 4. The Morgan fingerprint density at radius 3 is 2.32 bits per heavy atom. The minimum atomic E-state index is -5.31. The Balaban J connectivity index is 3.13. The van der Waals surface area contributed by atoms with Crippen molar-refractivity contribution in [2.24, 2.45) is 10.3 Å². The number of nitrogens with zero attached hydrogens (tertiary/aromatic N) is 1. The number of carbonyl (C=O) groups is 2. The van der Waals surface area contributed by atoms with E-state index in [1.807, 2.05) is 4.72 Å².